The van der Waals surface area contributed by atoms with Crippen LogP contribution < -0.4 is 9.47 Å². The number of carboxylic acid groups (broad SMARTS) is 1. The maximum atomic E-state index is 11.1. The van der Waals surface area contributed by atoms with Gasteiger partial charge < -0.3 is 19.0 Å². The molecule has 0 aliphatic carbocycles. The summed E-state index contributed by atoms with van der Waals surface area (Å²) in [5, 5.41) is 13.6. The molecule has 1 N–H and O–H groups in total. The minimum Gasteiger partial charge on any atom is -0.478 e. The molecule has 2 heterocycles. The highest BCUT2D eigenvalue weighted by atomic mass is 16.5. The van der Waals surface area contributed by atoms with Crippen molar-refractivity contribution in [1.82, 2.24) is 14.8 Å². The Morgan fingerprint density at radius 2 is 1.66 bits per heavy atom. The second kappa shape index (κ2) is 11.3. The molecule has 38 heavy (non-hydrogen) atoms. The van der Waals surface area contributed by atoms with E-state index in [0.29, 0.717) is 35.3 Å². The summed E-state index contributed by atoms with van der Waals surface area (Å²) in [6, 6.07) is 26.9. The lowest BCUT2D eigenvalue weighted by molar-refractivity contribution is -0.131. The Labute approximate surface area is 219 Å². The summed E-state index contributed by atoms with van der Waals surface area (Å²) in [6.07, 6.45) is 4.26. The van der Waals surface area contributed by atoms with Crippen LogP contribution >= 0.6 is 0 Å². The second-order valence-corrected chi connectivity index (χ2v) is 8.49. The summed E-state index contributed by atoms with van der Waals surface area (Å²) in [4.78, 5) is 15.7. The lowest BCUT2D eigenvalue weighted by Crippen LogP contribution is -2.02. The first kappa shape index (κ1) is 24.6. The summed E-state index contributed by atoms with van der Waals surface area (Å²) < 4.78 is 19.3. The third kappa shape index (κ3) is 6.17. The number of benzene rings is 3. The topological polar surface area (TPSA) is 99.6 Å². The minimum absolute atomic E-state index is 0.124. The van der Waals surface area contributed by atoms with E-state index in [4.69, 9.17) is 19.0 Å². The van der Waals surface area contributed by atoms with Gasteiger partial charge in [-0.2, -0.15) is 0 Å². The van der Waals surface area contributed by atoms with Gasteiger partial charge in [0.05, 0.1) is 12.1 Å². The zero-order chi connectivity index (χ0) is 26.3. The van der Waals surface area contributed by atoms with Gasteiger partial charge in [-0.3, -0.25) is 4.68 Å². The van der Waals surface area contributed by atoms with Crippen molar-refractivity contribution in [3.05, 3.63) is 120 Å². The van der Waals surface area contributed by atoms with Crippen molar-refractivity contribution in [3.8, 4) is 28.8 Å². The van der Waals surface area contributed by atoms with Gasteiger partial charge in [-0.15, -0.1) is 5.10 Å². The smallest absolute Gasteiger partial charge is 0.328 e. The number of aliphatic carboxylic acids is 1. The molecule has 3 aromatic carbocycles. The van der Waals surface area contributed by atoms with Gasteiger partial charge in [0.15, 0.2) is 0 Å². The predicted molar refractivity (Wildman–Crippen MR) is 142 cm³/mol. The van der Waals surface area contributed by atoms with Crippen LogP contribution in [-0.2, 0) is 17.9 Å². The highest BCUT2D eigenvalue weighted by Gasteiger charge is 2.15. The molecule has 0 bridgehead atoms. The van der Waals surface area contributed by atoms with Gasteiger partial charge in [-0.1, -0.05) is 48.5 Å². The molecule has 0 saturated heterocycles. The van der Waals surface area contributed by atoms with E-state index in [0.717, 1.165) is 28.7 Å². The molecular formula is C30H25N3O5. The Hall–Kier alpha value is -5.11. The first-order chi connectivity index (χ1) is 18.5. The summed E-state index contributed by atoms with van der Waals surface area (Å²) in [7, 11) is 0. The van der Waals surface area contributed by atoms with Gasteiger partial charge in [-0.25, -0.2) is 9.78 Å². The van der Waals surface area contributed by atoms with Gasteiger partial charge in [0.25, 0.3) is 0 Å². The molecule has 5 rings (SSSR count). The van der Waals surface area contributed by atoms with Crippen molar-refractivity contribution < 1.29 is 23.8 Å². The van der Waals surface area contributed by atoms with E-state index in [1.165, 1.54) is 6.08 Å². The summed E-state index contributed by atoms with van der Waals surface area (Å²) >= 11 is 0. The van der Waals surface area contributed by atoms with Crippen LogP contribution in [0.25, 0.3) is 17.5 Å². The van der Waals surface area contributed by atoms with Gasteiger partial charge in [0, 0.05) is 17.8 Å². The van der Waals surface area contributed by atoms with Crippen molar-refractivity contribution in [2.24, 2.45) is 0 Å². The van der Waals surface area contributed by atoms with E-state index in [1.54, 1.807) is 10.9 Å². The Kier molecular flexibility index (Phi) is 7.31. The van der Waals surface area contributed by atoms with Crippen LogP contribution in [0.15, 0.2) is 102 Å². The lowest BCUT2D eigenvalue weighted by atomic mass is 10.2. The number of ether oxygens (including phenoxy) is 2. The SMILES string of the molecule is Cc1oc(-c2ccccc2)nc1COc1nn(Cc2ccc(Oc3ccccc3)cc2)cc1C=CC(=O)O. The van der Waals surface area contributed by atoms with E-state index in [1.807, 2.05) is 91.9 Å². The normalized spacial score (nSPS) is 11.1. The van der Waals surface area contributed by atoms with E-state index < -0.39 is 5.97 Å². The Morgan fingerprint density at radius 1 is 0.974 bits per heavy atom. The van der Waals surface area contributed by atoms with Crippen LogP contribution in [0.4, 0.5) is 0 Å². The standard InChI is InChI=1S/C30H25N3O5/c1-21-27(31-29(37-21)23-8-4-2-5-9-23)20-36-30-24(14-17-28(34)35)19-33(32-30)18-22-12-15-26(16-13-22)38-25-10-6-3-7-11-25/h2-17,19H,18,20H2,1H3,(H,34,35). The van der Waals surface area contributed by atoms with Crippen molar-refractivity contribution in [2.75, 3.05) is 0 Å². The molecule has 0 atom stereocenters. The number of aryl methyl sites for hydroxylation is 1. The van der Waals surface area contributed by atoms with E-state index in [2.05, 4.69) is 10.1 Å². The number of rotatable bonds is 10. The van der Waals surface area contributed by atoms with Crippen LogP contribution in [0.5, 0.6) is 17.4 Å². The van der Waals surface area contributed by atoms with Crippen LogP contribution in [0.2, 0.25) is 0 Å². The molecule has 5 aromatic rings. The average molecular weight is 508 g/mol. The predicted octanol–water partition coefficient (Wildman–Crippen LogP) is 6.36. The quantitative estimate of drug-likeness (QED) is 0.219. The molecule has 8 heteroatoms. The van der Waals surface area contributed by atoms with Crippen LogP contribution in [0, 0.1) is 6.92 Å². The third-order valence-corrected chi connectivity index (χ3v) is 5.67. The number of hydrogen-bond acceptors (Lipinski definition) is 6. The maximum Gasteiger partial charge on any atom is 0.328 e. The van der Waals surface area contributed by atoms with Gasteiger partial charge in [-0.05, 0) is 55.0 Å². The molecule has 190 valence electrons. The molecule has 0 saturated carbocycles. The fraction of sp³-hybridized carbons (Fsp3) is 0.100. The second-order valence-electron chi connectivity index (χ2n) is 8.49. The summed E-state index contributed by atoms with van der Waals surface area (Å²) in [6.45, 7) is 2.41. The fourth-order valence-corrected chi connectivity index (χ4v) is 3.77. The monoisotopic (exact) mass is 507 g/mol. The van der Waals surface area contributed by atoms with Crippen LogP contribution in [-0.4, -0.2) is 25.8 Å². The van der Waals surface area contributed by atoms with Crippen molar-refractivity contribution in [3.63, 3.8) is 0 Å². The largest absolute Gasteiger partial charge is 0.478 e. The number of aromatic nitrogens is 3. The fourth-order valence-electron chi connectivity index (χ4n) is 3.77. The number of hydrogen-bond donors (Lipinski definition) is 1. The Bertz CT molecular complexity index is 1540. The highest BCUT2D eigenvalue weighted by molar-refractivity contribution is 5.85. The zero-order valence-electron chi connectivity index (χ0n) is 20.7. The van der Waals surface area contributed by atoms with Crippen molar-refractivity contribution in [1.29, 1.82) is 0 Å². The van der Waals surface area contributed by atoms with E-state index >= 15 is 0 Å². The molecule has 0 unspecified atom stereocenters. The maximum absolute atomic E-state index is 11.1. The molecule has 0 aliphatic rings. The van der Waals surface area contributed by atoms with Gasteiger partial charge >= 0.3 is 5.97 Å². The average Bonchev–Trinajstić information content (AvgIpc) is 3.50. The third-order valence-electron chi connectivity index (χ3n) is 5.67. The molecule has 0 radical (unpaired) electrons. The number of para-hydroxylation sites is 1. The summed E-state index contributed by atoms with van der Waals surface area (Å²) in [5.41, 5.74) is 3.05. The first-order valence-electron chi connectivity index (χ1n) is 12.0. The molecule has 0 aliphatic heterocycles. The summed E-state index contributed by atoms with van der Waals surface area (Å²) in [5.74, 6) is 1.89. The highest BCUT2D eigenvalue weighted by Crippen LogP contribution is 2.25. The number of carbonyl (C=O) groups is 1. The zero-order valence-corrected chi connectivity index (χ0v) is 20.7. The molecule has 2 aromatic heterocycles. The van der Waals surface area contributed by atoms with E-state index in [9.17, 15) is 4.79 Å². The lowest BCUT2D eigenvalue weighted by Gasteiger charge is -2.07. The molecule has 8 nitrogen and oxygen atoms in total. The van der Waals surface area contributed by atoms with Crippen molar-refractivity contribution >= 4 is 12.0 Å². The molecular weight excluding hydrogens is 482 g/mol. The van der Waals surface area contributed by atoms with Gasteiger partial charge in [0.2, 0.25) is 11.8 Å². The first-order valence-corrected chi connectivity index (χ1v) is 12.0. The Balaban J connectivity index is 1.30. The van der Waals surface area contributed by atoms with Crippen molar-refractivity contribution in [2.45, 2.75) is 20.1 Å². The number of carboxylic acids is 1. The van der Waals surface area contributed by atoms with E-state index in [-0.39, 0.29) is 6.61 Å². The Morgan fingerprint density at radius 3 is 2.37 bits per heavy atom. The number of oxazole rings is 1. The molecule has 0 fully saturated rings. The molecule has 0 spiro atoms. The van der Waals surface area contributed by atoms with Crippen LogP contribution in [0.3, 0.4) is 0 Å². The molecule has 0 amide bonds. The minimum atomic E-state index is -1.06. The van der Waals surface area contributed by atoms with Gasteiger partial charge in [0.1, 0.15) is 29.6 Å². The number of nitrogens with zero attached hydrogens (tertiary/aromatic N) is 3. The van der Waals surface area contributed by atoms with Crippen LogP contribution in [0.1, 0.15) is 22.6 Å².